The second-order valence-electron chi connectivity index (χ2n) is 6.98. The van der Waals surface area contributed by atoms with Gasteiger partial charge in [-0.3, -0.25) is 4.90 Å². The zero-order valence-corrected chi connectivity index (χ0v) is 13.4. The van der Waals surface area contributed by atoms with Crippen molar-refractivity contribution >= 4 is 0 Å². The smallest absolute Gasteiger partial charge is 0.0362 e. The molecule has 1 N–H and O–H groups in total. The Balaban J connectivity index is 2.06. The number of rotatable bonds is 7. The van der Waals surface area contributed by atoms with Crippen molar-refractivity contribution in [2.75, 3.05) is 20.1 Å². The molecule has 2 heteroatoms. The van der Waals surface area contributed by atoms with Crippen LogP contribution in [-0.2, 0) is 0 Å². The third-order valence-electron chi connectivity index (χ3n) is 5.62. The Labute approximate surface area is 120 Å². The third-order valence-corrected chi connectivity index (χ3v) is 5.62. The molecule has 1 aliphatic heterocycles. The largest absolute Gasteiger partial charge is 0.315 e. The van der Waals surface area contributed by atoms with Crippen LogP contribution in [0.5, 0.6) is 0 Å². The maximum atomic E-state index is 3.71. The molecule has 0 amide bonds. The molecule has 2 fully saturated rings. The molecule has 0 aromatic heterocycles. The van der Waals surface area contributed by atoms with Gasteiger partial charge in [0.15, 0.2) is 0 Å². The van der Waals surface area contributed by atoms with E-state index in [0.29, 0.717) is 11.6 Å². The van der Waals surface area contributed by atoms with E-state index in [-0.39, 0.29) is 0 Å². The van der Waals surface area contributed by atoms with Gasteiger partial charge in [0.1, 0.15) is 0 Å². The van der Waals surface area contributed by atoms with Gasteiger partial charge in [0.25, 0.3) is 0 Å². The van der Waals surface area contributed by atoms with Crippen LogP contribution in [0, 0.1) is 5.92 Å². The number of nitrogens with zero attached hydrogens (tertiary/aromatic N) is 1. The summed E-state index contributed by atoms with van der Waals surface area (Å²) in [5.74, 6) is 0.863. The van der Waals surface area contributed by atoms with Gasteiger partial charge in [0.05, 0.1) is 0 Å². The van der Waals surface area contributed by atoms with Crippen molar-refractivity contribution in [3.63, 3.8) is 0 Å². The van der Waals surface area contributed by atoms with Crippen LogP contribution < -0.4 is 5.32 Å². The summed E-state index contributed by atoms with van der Waals surface area (Å²) in [6.07, 6.45) is 12.6. The van der Waals surface area contributed by atoms with Crippen molar-refractivity contribution in [1.29, 1.82) is 0 Å². The van der Waals surface area contributed by atoms with Crippen LogP contribution in [-0.4, -0.2) is 36.6 Å². The third kappa shape index (κ3) is 3.33. The Morgan fingerprint density at radius 1 is 1.11 bits per heavy atom. The Morgan fingerprint density at radius 3 is 2.26 bits per heavy atom. The van der Waals surface area contributed by atoms with Gasteiger partial charge in [0, 0.05) is 11.6 Å². The zero-order valence-electron chi connectivity index (χ0n) is 13.4. The first kappa shape index (κ1) is 15.3. The average molecular weight is 266 g/mol. The van der Waals surface area contributed by atoms with E-state index in [1.165, 1.54) is 70.9 Å². The minimum atomic E-state index is 0.493. The molecule has 0 radical (unpaired) electrons. The van der Waals surface area contributed by atoms with E-state index in [1.807, 2.05) is 0 Å². The van der Waals surface area contributed by atoms with Gasteiger partial charge in [0.2, 0.25) is 0 Å². The second kappa shape index (κ2) is 7.08. The van der Waals surface area contributed by atoms with Crippen LogP contribution in [0.25, 0.3) is 0 Å². The minimum Gasteiger partial charge on any atom is -0.315 e. The van der Waals surface area contributed by atoms with E-state index in [9.17, 15) is 0 Å². The van der Waals surface area contributed by atoms with Gasteiger partial charge < -0.3 is 5.32 Å². The Kier molecular flexibility index (Phi) is 5.70. The normalized spacial score (nSPS) is 26.7. The number of likely N-dealkylation sites (tertiary alicyclic amines) is 1. The summed E-state index contributed by atoms with van der Waals surface area (Å²) >= 11 is 0. The van der Waals surface area contributed by atoms with Crippen LogP contribution in [0.3, 0.4) is 0 Å². The van der Waals surface area contributed by atoms with Crippen molar-refractivity contribution in [1.82, 2.24) is 10.2 Å². The van der Waals surface area contributed by atoms with Gasteiger partial charge in [-0.25, -0.2) is 0 Å². The van der Waals surface area contributed by atoms with Crippen molar-refractivity contribution in [3.05, 3.63) is 0 Å². The maximum absolute atomic E-state index is 3.71. The Morgan fingerprint density at radius 2 is 1.74 bits per heavy atom. The van der Waals surface area contributed by atoms with E-state index in [1.54, 1.807) is 0 Å². The van der Waals surface area contributed by atoms with Crippen molar-refractivity contribution in [3.8, 4) is 0 Å². The number of hydrogen-bond donors (Lipinski definition) is 1. The Hall–Kier alpha value is -0.0800. The molecule has 1 saturated carbocycles. The second-order valence-corrected chi connectivity index (χ2v) is 6.98. The fourth-order valence-corrected chi connectivity index (χ4v) is 4.65. The van der Waals surface area contributed by atoms with Crippen LogP contribution in [0.1, 0.15) is 71.6 Å². The van der Waals surface area contributed by atoms with E-state index in [4.69, 9.17) is 0 Å². The van der Waals surface area contributed by atoms with Gasteiger partial charge in [-0.05, 0) is 58.2 Å². The molecular formula is C17H34N2. The predicted molar refractivity (Wildman–Crippen MR) is 83.5 cm³/mol. The molecule has 0 aromatic carbocycles. The topological polar surface area (TPSA) is 15.3 Å². The highest BCUT2D eigenvalue weighted by molar-refractivity contribution is 5.04. The standard InChI is InChI=1S/C17H34N2/c1-4-9-15(2)14-16(18-3)17(10-5-6-11-17)19-12-7-8-13-19/h15-16,18H,4-14H2,1-3H3. The lowest BCUT2D eigenvalue weighted by Gasteiger charge is -2.46. The molecular weight excluding hydrogens is 232 g/mol. The molecule has 0 bridgehead atoms. The quantitative estimate of drug-likeness (QED) is 0.754. The van der Waals surface area contributed by atoms with Crippen LogP contribution in [0.2, 0.25) is 0 Å². The van der Waals surface area contributed by atoms with Crippen molar-refractivity contribution in [2.45, 2.75) is 83.2 Å². The number of nitrogens with one attached hydrogen (secondary N) is 1. The van der Waals surface area contributed by atoms with E-state index in [0.717, 1.165) is 5.92 Å². The zero-order chi connectivity index (χ0) is 13.7. The summed E-state index contributed by atoms with van der Waals surface area (Å²) in [7, 11) is 2.19. The van der Waals surface area contributed by atoms with Gasteiger partial charge in [-0.1, -0.05) is 39.5 Å². The summed E-state index contributed by atoms with van der Waals surface area (Å²) in [5, 5.41) is 3.71. The van der Waals surface area contributed by atoms with E-state index in [2.05, 4.69) is 31.1 Å². The molecule has 0 aromatic rings. The lowest BCUT2D eigenvalue weighted by Crippen LogP contribution is -2.58. The summed E-state index contributed by atoms with van der Waals surface area (Å²) in [6, 6.07) is 0.703. The summed E-state index contributed by atoms with van der Waals surface area (Å²) in [5.41, 5.74) is 0.493. The molecule has 19 heavy (non-hydrogen) atoms. The van der Waals surface area contributed by atoms with Crippen molar-refractivity contribution in [2.24, 2.45) is 5.92 Å². The molecule has 112 valence electrons. The van der Waals surface area contributed by atoms with E-state index >= 15 is 0 Å². The van der Waals surface area contributed by atoms with Crippen LogP contribution in [0.15, 0.2) is 0 Å². The fraction of sp³-hybridized carbons (Fsp3) is 1.00. The van der Waals surface area contributed by atoms with Crippen molar-refractivity contribution < 1.29 is 0 Å². The molecule has 0 spiro atoms. The number of hydrogen-bond acceptors (Lipinski definition) is 2. The first-order valence-electron chi connectivity index (χ1n) is 8.65. The number of likely N-dealkylation sites (N-methyl/N-ethyl adjacent to an activating group) is 1. The lowest BCUT2D eigenvalue weighted by atomic mass is 9.80. The first-order chi connectivity index (χ1) is 9.23. The van der Waals surface area contributed by atoms with Gasteiger partial charge in [-0.15, -0.1) is 0 Å². The van der Waals surface area contributed by atoms with Crippen LogP contribution in [0.4, 0.5) is 0 Å². The lowest BCUT2D eigenvalue weighted by molar-refractivity contribution is 0.0692. The highest BCUT2D eigenvalue weighted by atomic mass is 15.2. The highest BCUT2D eigenvalue weighted by Gasteiger charge is 2.46. The molecule has 2 unspecified atom stereocenters. The summed E-state index contributed by atoms with van der Waals surface area (Å²) < 4.78 is 0. The SMILES string of the molecule is CCCC(C)CC(NC)C1(N2CCCC2)CCCC1. The summed E-state index contributed by atoms with van der Waals surface area (Å²) in [4.78, 5) is 2.85. The monoisotopic (exact) mass is 266 g/mol. The molecule has 1 aliphatic carbocycles. The minimum absolute atomic E-state index is 0.493. The van der Waals surface area contributed by atoms with Gasteiger partial charge in [-0.2, -0.15) is 0 Å². The molecule has 2 aliphatic rings. The molecule has 2 atom stereocenters. The van der Waals surface area contributed by atoms with Crippen LogP contribution >= 0.6 is 0 Å². The fourth-order valence-electron chi connectivity index (χ4n) is 4.65. The molecule has 2 rings (SSSR count). The maximum Gasteiger partial charge on any atom is 0.0362 e. The molecule has 2 nitrogen and oxygen atoms in total. The average Bonchev–Trinajstić information content (AvgIpc) is 3.07. The first-order valence-corrected chi connectivity index (χ1v) is 8.65. The highest BCUT2D eigenvalue weighted by Crippen LogP contribution is 2.41. The summed E-state index contributed by atoms with van der Waals surface area (Å²) in [6.45, 7) is 7.46. The van der Waals surface area contributed by atoms with E-state index < -0.39 is 0 Å². The Bertz CT molecular complexity index is 252. The molecule has 1 saturated heterocycles. The molecule has 1 heterocycles. The van der Waals surface area contributed by atoms with Gasteiger partial charge >= 0.3 is 0 Å². The predicted octanol–water partition coefficient (Wildman–Crippen LogP) is 3.81.